The highest BCUT2D eigenvalue weighted by molar-refractivity contribution is 5.95. The van der Waals surface area contributed by atoms with Crippen LogP contribution in [0.3, 0.4) is 0 Å². The number of halogens is 9. The molecule has 0 unspecified atom stereocenters. The maximum atomic E-state index is 14.6. The third-order valence-electron chi connectivity index (χ3n) is 6.56. The van der Waals surface area contributed by atoms with Crippen molar-refractivity contribution in [2.45, 2.75) is 37.8 Å². The van der Waals surface area contributed by atoms with Gasteiger partial charge < -0.3 is 31.6 Å². The molecule has 1 atom stereocenters. The second-order valence-electron chi connectivity index (χ2n) is 10.4. The molecule has 0 spiro atoms. The average Bonchev–Trinajstić information content (AvgIpc) is 3.41. The Kier molecular flexibility index (Phi) is 14.6. The Hall–Kier alpha value is -5.77. The van der Waals surface area contributed by atoms with Crippen LogP contribution >= 0.6 is 0 Å². The number of alkyl halides is 6. The van der Waals surface area contributed by atoms with Crippen LogP contribution in [-0.2, 0) is 16.1 Å². The summed E-state index contributed by atoms with van der Waals surface area (Å²) in [7, 11) is 0. The molecule has 0 aliphatic heterocycles. The molecule has 0 saturated carbocycles. The Bertz CT molecular complexity index is 1890. The Labute approximate surface area is 285 Å². The van der Waals surface area contributed by atoms with Gasteiger partial charge in [-0.2, -0.15) is 26.3 Å². The smallest absolute Gasteiger partial charge is 0.475 e. The van der Waals surface area contributed by atoms with Crippen LogP contribution in [0.5, 0.6) is 0 Å². The van der Waals surface area contributed by atoms with Crippen LogP contribution in [0.2, 0.25) is 0 Å². The lowest BCUT2D eigenvalue weighted by Gasteiger charge is -2.13. The molecule has 282 valence electrons. The van der Waals surface area contributed by atoms with E-state index in [4.69, 9.17) is 31.3 Å². The molecular formula is C30H27F9N6O7. The van der Waals surface area contributed by atoms with Crippen LogP contribution < -0.4 is 16.8 Å². The zero-order valence-corrected chi connectivity index (χ0v) is 26.1. The number of nitrogens with zero attached hydrogens (tertiary/aromatic N) is 3. The minimum atomic E-state index is -5.08. The first-order valence-corrected chi connectivity index (χ1v) is 14.3. The molecule has 22 heteroatoms. The van der Waals surface area contributed by atoms with Crippen molar-refractivity contribution in [2.24, 2.45) is 11.5 Å². The van der Waals surface area contributed by atoms with Gasteiger partial charge in [-0.3, -0.25) is 14.9 Å². The van der Waals surface area contributed by atoms with Gasteiger partial charge >= 0.3 is 24.3 Å². The lowest BCUT2D eigenvalue weighted by molar-refractivity contribution is -0.385. The van der Waals surface area contributed by atoms with Crippen molar-refractivity contribution in [3.05, 3.63) is 93.6 Å². The van der Waals surface area contributed by atoms with Gasteiger partial charge in [0.25, 0.3) is 11.6 Å². The second-order valence-corrected chi connectivity index (χ2v) is 10.4. The van der Waals surface area contributed by atoms with Crippen LogP contribution in [-0.4, -0.2) is 74.0 Å². The predicted molar refractivity (Wildman–Crippen MR) is 163 cm³/mol. The van der Waals surface area contributed by atoms with Gasteiger partial charge in [0, 0.05) is 30.3 Å². The van der Waals surface area contributed by atoms with Crippen molar-refractivity contribution in [1.29, 1.82) is 0 Å². The maximum Gasteiger partial charge on any atom is 0.490 e. The van der Waals surface area contributed by atoms with Gasteiger partial charge in [-0.05, 0) is 60.8 Å². The summed E-state index contributed by atoms with van der Waals surface area (Å²) in [5.41, 5.74) is 12.9. The fraction of sp³-hybridized carbons (Fsp3) is 0.267. The molecule has 7 N–H and O–H groups in total. The number of carboxylic acid groups (broad SMARTS) is 2. The SMILES string of the molecule is NCCC[C@H](N)CNC(=O)c1nc2cc(-c3ccc(F)c(F)c3)ccc2n1Cc1cc([N+](=O)[O-])ccc1F.O=C(O)C(F)(F)F.O=C(O)C(F)(F)F. The van der Waals surface area contributed by atoms with Gasteiger partial charge in [0.2, 0.25) is 0 Å². The molecule has 1 aromatic heterocycles. The van der Waals surface area contributed by atoms with E-state index in [9.17, 15) is 54.4 Å². The highest BCUT2D eigenvalue weighted by atomic mass is 19.4. The quantitative estimate of drug-likeness (QED) is 0.0816. The molecule has 0 aliphatic rings. The van der Waals surface area contributed by atoms with Crippen LogP contribution in [0.4, 0.5) is 45.2 Å². The summed E-state index contributed by atoms with van der Waals surface area (Å²) in [6, 6.07) is 11.1. The van der Waals surface area contributed by atoms with Gasteiger partial charge in [-0.25, -0.2) is 27.7 Å². The number of hydrogen-bond donors (Lipinski definition) is 5. The highest BCUT2D eigenvalue weighted by Gasteiger charge is 2.39. The number of benzene rings is 3. The van der Waals surface area contributed by atoms with Crippen LogP contribution in [0.25, 0.3) is 22.2 Å². The molecule has 0 fully saturated rings. The fourth-order valence-corrected chi connectivity index (χ4v) is 4.07. The Balaban J connectivity index is 0.000000564. The number of nitrogens with two attached hydrogens (primary N) is 2. The molecule has 4 rings (SSSR count). The Morgan fingerprint density at radius 2 is 1.40 bits per heavy atom. The third kappa shape index (κ3) is 12.2. The number of rotatable bonds is 10. The number of nitro groups is 1. The van der Waals surface area contributed by atoms with Gasteiger partial charge in [0.15, 0.2) is 17.5 Å². The monoisotopic (exact) mass is 754 g/mol. The minimum Gasteiger partial charge on any atom is -0.475 e. The first-order chi connectivity index (χ1) is 24.1. The highest BCUT2D eigenvalue weighted by Crippen LogP contribution is 2.28. The summed E-state index contributed by atoms with van der Waals surface area (Å²) in [4.78, 5) is 45.9. The molecule has 0 bridgehead atoms. The lowest BCUT2D eigenvalue weighted by Crippen LogP contribution is -2.38. The normalized spacial score (nSPS) is 11.8. The van der Waals surface area contributed by atoms with E-state index in [2.05, 4.69) is 10.3 Å². The minimum absolute atomic E-state index is 0.0168. The number of carbonyl (C=O) groups is 3. The average molecular weight is 755 g/mol. The van der Waals surface area contributed by atoms with E-state index in [0.29, 0.717) is 41.5 Å². The van der Waals surface area contributed by atoms with E-state index in [0.717, 1.165) is 30.3 Å². The van der Waals surface area contributed by atoms with Crippen molar-refractivity contribution in [3.8, 4) is 11.1 Å². The van der Waals surface area contributed by atoms with E-state index in [1.807, 2.05) is 0 Å². The van der Waals surface area contributed by atoms with E-state index >= 15 is 0 Å². The molecular weight excluding hydrogens is 727 g/mol. The molecule has 4 aromatic rings. The number of non-ortho nitro benzene ring substituents is 1. The summed E-state index contributed by atoms with van der Waals surface area (Å²) in [5.74, 6) is -8.85. The van der Waals surface area contributed by atoms with E-state index < -0.39 is 52.6 Å². The van der Waals surface area contributed by atoms with Gasteiger partial charge in [0.1, 0.15) is 5.82 Å². The number of amides is 1. The third-order valence-corrected chi connectivity index (χ3v) is 6.56. The van der Waals surface area contributed by atoms with E-state index in [1.165, 1.54) is 10.6 Å². The molecule has 0 radical (unpaired) electrons. The first-order valence-electron chi connectivity index (χ1n) is 14.3. The number of nitrogens with one attached hydrogen (secondary N) is 1. The number of imidazole rings is 1. The standard InChI is InChI=1S/C26H25F3N6O3.2C2HF3O2/c27-20-7-5-19(35(37)38)10-17(20)14-34-24-8-4-16(15-3-6-21(28)22(29)11-15)12-23(24)33-25(34)26(36)32-13-18(31)2-1-9-30;2*3-2(4,5)1(6)7/h3-8,10-12,18H,1-2,9,13-14,30-31H2,(H,32,36);2*(H,6,7)/t18-;;/m0../s1. The largest absolute Gasteiger partial charge is 0.490 e. The van der Waals surface area contributed by atoms with E-state index in [1.54, 1.807) is 18.2 Å². The van der Waals surface area contributed by atoms with Crippen LogP contribution in [0, 0.1) is 27.6 Å². The number of nitro benzene ring substituents is 1. The Morgan fingerprint density at radius 3 is 1.92 bits per heavy atom. The molecule has 0 saturated heterocycles. The number of carboxylic acids is 2. The summed E-state index contributed by atoms with van der Waals surface area (Å²) >= 11 is 0. The topological polar surface area (TPSA) is 217 Å². The fourth-order valence-electron chi connectivity index (χ4n) is 4.07. The molecule has 1 heterocycles. The van der Waals surface area contributed by atoms with Crippen molar-refractivity contribution in [1.82, 2.24) is 14.9 Å². The number of carbonyl (C=O) groups excluding carboxylic acids is 1. The molecule has 3 aromatic carbocycles. The summed E-state index contributed by atoms with van der Waals surface area (Å²) in [6.45, 7) is 0.385. The number of fused-ring (bicyclic) bond motifs is 1. The van der Waals surface area contributed by atoms with Gasteiger partial charge in [-0.15, -0.1) is 0 Å². The lowest BCUT2D eigenvalue weighted by atomic mass is 10.0. The number of aliphatic carboxylic acids is 2. The second kappa shape index (κ2) is 17.9. The summed E-state index contributed by atoms with van der Waals surface area (Å²) < 4.78 is 107. The van der Waals surface area contributed by atoms with Gasteiger partial charge in [0.05, 0.1) is 22.5 Å². The van der Waals surface area contributed by atoms with E-state index in [-0.39, 0.29) is 36.2 Å². The van der Waals surface area contributed by atoms with Crippen LogP contribution in [0.1, 0.15) is 29.0 Å². The number of aromatic nitrogens is 2. The molecule has 1 amide bonds. The Morgan fingerprint density at radius 1 is 0.865 bits per heavy atom. The zero-order valence-electron chi connectivity index (χ0n) is 26.1. The molecule has 13 nitrogen and oxygen atoms in total. The first kappa shape index (κ1) is 42.4. The van der Waals surface area contributed by atoms with Crippen LogP contribution in [0.15, 0.2) is 54.6 Å². The van der Waals surface area contributed by atoms with Crippen molar-refractivity contribution in [3.63, 3.8) is 0 Å². The van der Waals surface area contributed by atoms with Crippen molar-refractivity contribution >= 4 is 34.6 Å². The molecule has 52 heavy (non-hydrogen) atoms. The summed E-state index contributed by atoms with van der Waals surface area (Å²) in [6.07, 6.45) is -8.88. The van der Waals surface area contributed by atoms with Crippen molar-refractivity contribution in [2.75, 3.05) is 13.1 Å². The number of hydrogen-bond acceptors (Lipinski definition) is 8. The van der Waals surface area contributed by atoms with Gasteiger partial charge in [-0.1, -0.05) is 12.1 Å². The van der Waals surface area contributed by atoms with Crippen molar-refractivity contribution < 1.29 is 69.0 Å². The summed E-state index contributed by atoms with van der Waals surface area (Å²) in [5, 5.41) is 28.2. The zero-order chi connectivity index (χ0) is 39.6. The predicted octanol–water partition coefficient (Wildman–Crippen LogP) is 5.14. The maximum absolute atomic E-state index is 14.6. The molecule has 0 aliphatic carbocycles.